The summed E-state index contributed by atoms with van der Waals surface area (Å²) in [6.45, 7) is 1.62. The first-order chi connectivity index (χ1) is 13.0. The van der Waals surface area contributed by atoms with E-state index in [1.807, 2.05) is 0 Å². The lowest BCUT2D eigenvalue weighted by atomic mass is 10.2. The highest BCUT2D eigenvalue weighted by molar-refractivity contribution is 7.99. The minimum absolute atomic E-state index is 0.149. The number of rotatable bonds is 4. The van der Waals surface area contributed by atoms with E-state index in [4.69, 9.17) is 0 Å². The van der Waals surface area contributed by atoms with Crippen LogP contribution in [0.15, 0.2) is 47.5 Å². The Hall–Kier alpha value is -2.56. The van der Waals surface area contributed by atoms with Crippen molar-refractivity contribution in [1.82, 2.24) is 19.7 Å². The van der Waals surface area contributed by atoms with Crippen LogP contribution >= 0.6 is 11.8 Å². The standard InChI is InChI=1S/C17H12F6N4S/c1-10-5-6-11(8-13(10)28-9-16(18,19)20)27-14(12-4-2-3-7-24-12)25-15(26-27)17(21,22)23/h2-8H,9H2,1H3. The van der Waals surface area contributed by atoms with Gasteiger partial charge < -0.3 is 0 Å². The number of nitrogens with zero attached hydrogens (tertiary/aromatic N) is 4. The van der Waals surface area contributed by atoms with Crippen molar-refractivity contribution in [3.8, 4) is 17.2 Å². The molecule has 28 heavy (non-hydrogen) atoms. The first-order valence-corrected chi connectivity index (χ1v) is 8.79. The largest absolute Gasteiger partial charge is 0.453 e. The molecule has 0 amide bonds. The van der Waals surface area contributed by atoms with Crippen LogP contribution in [0.4, 0.5) is 26.3 Å². The van der Waals surface area contributed by atoms with E-state index in [9.17, 15) is 26.3 Å². The number of aromatic nitrogens is 4. The van der Waals surface area contributed by atoms with Crippen LogP contribution in [-0.2, 0) is 6.18 Å². The van der Waals surface area contributed by atoms with Gasteiger partial charge in [0.25, 0.3) is 5.82 Å². The summed E-state index contributed by atoms with van der Waals surface area (Å²) in [6, 6.07) is 8.97. The van der Waals surface area contributed by atoms with E-state index in [0.717, 1.165) is 4.68 Å². The molecule has 4 nitrogen and oxygen atoms in total. The number of thioether (sulfide) groups is 1. The van der Waals surface area contributed by atoms with E-state index in [0.29, 0.717) is 17.3 Å². The van der Waals surface area contributed by atoms with Gasteiger partial charge in [-0.2, -0.15) is 26.3 Å². The molecule has 0 unspecified atom stereocenters. The lowest BCUT2D eigenvalue weighted by molar-refractivity contribution is -0.144. The second-order valence-electron chi connectivity index (χ2n) is 5.74. The number of halogens is 6. The van der Waals surface area contributed by atoms with Gasteiger partial charge in [-0.05, 0) is 36.8 Å². The van der Waals surface area contributed by atoms with Crippen molar-refractivity contribution in [2.24, 2.45) is 0 Å². The van der Waals surface area contributed by atoms with Crippen LogP contribution < -0.4 is 0 Å². The topological polar surface area (TPSA) is 43.6 Å². The molecule has 0 atom stereocenters. The lowest BCUT2D eigenvalue weighted by Gasteiger charge is -2.11. The molecule has 2 heterocycles. The van der Waals surface area contributed by atoms with Crippen LogP contribution in [-0.4, -0.2) is 31.7 Å². The first-order valence-electron chi connectivity index (χ1n) is 7.81. The highest BCUT2D eigenvalue weighted by Crippen LogP contribution is 2.33. The molecule has 2 aromatic heterocycles. The van der Waals surface area contributed by atoms with Crippen LogP contribution in [0.2, 0.25) is 0 Å². The minimum Gasteiger partial charge on any atom is -0.253 e. The molecule has 148 valence electrons. The number of hydrogen-bond donors (Lipinski definition) is 0. The van der Waals surface area contributed by atoms with Crippen molar-refractivity contribution in [1.29, 1.82) is 0 Å². The molecule has 0 aliphatic carbocycles. The van der Waals surface area contributed by atoms with Gasteiger partial charge in [0.2, 0.25) is 0 Å². The Morgan fingerprint density at radius 3 is 2.39 bits per heavy atom. The Kier molecular flexibility index (Phi) is 5.37. The van der Waals surface area contributed by atoms with E-state index in [1.165, 1.54) is 30.5 Å². The molecular formula is C17H12F6N4S. The second kappa shape index (κ2) is 7.46. The number of pyridine rings is 1. The van der Waals surface area contributed by atoms with Gasteiger partial charge in [-0.15, -0.1) is 16.9 Å². The monoisotopic (exact) mass is 418 g/mol. The van der Waals surface area contributed by atoms with E-state index in [1.54, 1.807) is 19.1 Å². The fourth-order valence-electron chi connectivity index (χ4n) is 2.31. The van der Waals surface area contributed by atoms with Gasteiger partial charge in [0.1, 0.15) is 5.69 Å². The summed E-state index contributed by atoms with van der Waals surface area (Å²) in [5, 5.41) is 3.52. The smallest absolute Gasteiger partial charge is 0.253 e. The van der Waals surface area contributed by atoms with Crippen molar-refractivity contribution < 1.29 is 26.3 Å². The van der Waals surface area contributed by atoms with E-state index < -0.39 is 23.9 Å². The molecular weight excluding hydrogens is 406 g/mol. The number of alkyl halides is 6. The van der Waals surface area contributed by atoms with Gasteiger partial charge >= 0.3 is 12.4 Å². The summed E-state index contributed by atoms with van der Waals surface area (Å²) in [6.07, 6.45) is -7.77. The van der Waals surface area contributed by atoms with Crippen LogP contribution in [0.25, 0.3) is 17.2 Å². The van der Waals surface area contributed by atoms with Crippen LogP contribution in [0.5, 0.6) is 0 Å². The number of benzene rings is 1. The van der Waals surface area contributed by atoms with Gasteiger partial charge in [-0.3, -0.25) is 4.98 Å². The summed E-state index contributed by atoms with van der Waals surface area (Å²) in [5.41, 5.74) is 0.864. The number of aryl methyl sites for hydroxylation is 1. The molecule has 3 aromatic rings. The molecule has 0 fully saturated rings. The van der Waals surface area contributed by atoms with Gasteiger partial charge in [0.05, 0.1) is 11.4 Å². The maximum absolute atomic E-state index is 13.1. The zero-order valence-electron chi connectivity index (χ0n) is 14.2. The Morgan fingerprint density at radius 2 is 1.79 bits per heavy atom. The third-order valence-corrected chi connectivity index (χ3v) is 4.78. The Balaban J connectivity index is 2.09. The summed E-state index contributed by atoms with van der Waals surface area (Å²) < 4.78 is 77.9. The van der Waals surface area contributed by atoms with Crippen molar-refractivity contribution in [3.63, 3.8) is 0 Å². The van der Waals surface area contributed by atoms with E-state index in [2.05, 4.69) is 15.1 Å². The van der Waals surface area contributed by atoms with Crippen LogP contribution in [0, 0.1) is 6.92 Å². The first kappa shape index (κ1) is 20.2. The second-order valence-corrected chi connectivity index (χ2v) is 6.75. The Labute approximate surface area is 159 Å². The van der Waals surface area contributed by atoms with Gasteiger partial charge in [-0.25, -0.2) is 9.67 Å². The fourth-order valence-corrected chi connectivity index (χ4v) is 3.13. The molecule has 0 bridgehead atoms. The quantitative estimate of drug-likeness (QED) is 0.425. The fraction of sp³-hybridized carbons (Fsp3) is 0.235. The highest BCUT2D eigenvalue weighted by Gasteiger charge is 2.37. The van der Waals surface area contributed by atoms with Crippen molar-refractivity contribution in [2.75, 3.05) is 5.75 Å². The molecule has 0 radical (unpaired) electrons. The summed E-state index contributed by atoms with van der Waals surface area (Å²) in [5.74, 6) is -2.64. The summed E-state index contributed by atoms with van der Waals surface area (Å²) >= 11 is 0.552. The average Bonchev–Trinajstić information content (AvgIpc) is 3.07. The molecule has 0 N–H and O–H groups in total. The zero-order chi connectivity index (χ0) is 20.5. The maximum Gasteiger partial charge on any atom is 0.453 e. The highest BCUT2D eigenvalue weighted by atomic mass is 32.2. The van der Waals surface area contributed by atoms with Gasteiger partial charge in [-0.1, -0.05) is 12.1 Å². The predicted octanol–water partition coefficient (Wildman–Crippen LogP) is 5.31. The Morgan fingerprint density at radius 1 is 1.04 bits per heavy atom. The average molecular weight is 418 g/mol. The molecule has 0 aliphatic heterocycles. The van der Waals surface area contributed by atoms with Gasteiger partial charge in [0, 0.05) is 11.1 Å². The van der Waals surface area contributed by atoms with Crippen molar-refractivity contribution >= 4 is 11.8 Å². The van der Waals surface area contributed by atoms with Crippen LogP contribution in [0.3, 0.4) is 0 Å². The minimum atomic E-state index is -4.78. The van der Waals surface area contributed by atoms with Gasteiger partial charge in [0.15, 0.2) is 5.82 Å². The molecule has 11 heteroatoms. The molecule has 0 spiro atoms. The number of hydrogen-bond acceptors (Lipinski definition) is 4. The van der Waals surface area contributed by atoms with Crippen LogP contribution in [0.1, 0.15) is 11.4 Å². The zero-order valence-corrected chi connectivity index (χ0v) is 15.0. The summed E-state index contributed by atoms with van der Waals surface area (Å²) in [7, 11) is 0. The molecule has 1 aromatic carbocycles. The molecule has 0 saturated heterocycles. The summed E-state index contributed by atoms with van der Waals surface area (Å²) in [4.78, 5) is 7.82. The van der Waals surface area contributed by atoms with E-state index >= 15 is 0 Å². The van der Waals surface area contributed by atoms with Crippen molar-refractivity contribution in [3.05, 3.63) is 54.0 Å². The molecule has 0 saturated carbocycles. The third-order valence-electron chi connectivity index (χ3n) is 3.56. The maximum atomic E-state index is 13.1. The molecule has 0 aliphatic rings. The normalized spacial score (nSPS) is 12.4. The third kappa shape index (κ3) is 4.64. The predicted molar refractivity (Wildman–Crippen MR) is 91.1 cm³/mol. The van der Waals surface area contributed by atoms with E-state index in [-0.39, 0.29) is 22.1 Å². The SMILES string of the molecule is Cc1ccc(-n2nc(C(F)(F)F)nc2-c2ccccn2)cc1SCC(F)(F)F. The Bertz CT molecular complexity index is 966. The molecule has 3 rings (SSSR count). The van der Waals surface area contributed by atoms with Crippen molar-refractivity contribution in [2.45, 2.75) is 24.2 Å². The lowest BCUT2D eigenvalue weighted by Crippen LogP contribution is -2.11.